The fraction of sp³-hybridized carbons (Fsp3) is 0.750. The van der Waals surface area contributed by atoms with Crippen LogP contribution in [0.1, 0.15) is 36.4 Å². The van der Waals surface area contributed by atoms with Gasteiger partial charge in [0.1, 0.15) is 0 Å². The molecular formula is C12H20N2O2S2. The van der Waals surface area contributed by atoms with Gasteiger partial charge in [-0.15, -0.1) is 11.3 Å². The van der Waals surface area contributed by atoms with Crippen LogP contribution in [0.3, 0.4) is 0 Å². The minimum absolute atomic E-state index is 0.118. The van der Waals surface area contributed by atoms with Crippen LogP contribution in [0.5, 0.6) is 0 Å². The van der Waals surface area contributed by atoms with Crippen LogP contribution < -0.4 is 5.32 Å². The molecule has 2 atom stereocenters. The summed E-state index contributed by atoms with van der Waals surface area (Å²) in [4.78, 5) is 4.60. The van der Waals surface area contributed by atoms with Gasteiger partial charge in [-0.3, -0.25) is 0 Å². The number of likely N-dealkylation sites (N-methyl/N-ethyl adjacent to an activating group) is 1. The van der Waals surface area contributed by atoms with E-state index in [0.29, 0.717) is 11.8 Å². The summed E-state index contributed by atoms with van der Waals surface area (Å²) >= 11 is 1.61. The molecule has 2 heterocycles. The van der Waals surface area contributed by atoms with E-state index in [1.807, 2.05) is 7.05 Å². The third-order valence-electron chi connectivity index (χ3n) is 3.39. The molecule has 1 fully saturated rings. The maximum Gasteiger partial charge on any atom is 0.151 e. The number of rotatable bonds is 4. The van der Waals surface area contributed by atoms with Gasteiger partial charge in [0.2, 0.25) is 0 Å². The predicted molar refractivity (Wildman–Crippen MR) is 75.0 cm³/mol. The van der Waals surface area contributed by atoms with Crippen LogP contribution in [0.2, 0.25) is 0 Å². The van der Waals surface area contributed by atoms with Crippen LogP contribution in [0, 0.1) is 0 Å². The Morgan fingerprint density at radius 3 is 3.06 bits per heavy atom. The molecule has 6 heteroatoms. The van der Waals surface area contributed by atoms with Crippen molar-refractivity contribution in [2.75, 3.05) is 18.6 Å². The van der Waals surface area contributed by atoms with Crippen molar-refractivity contribution in [1.82, 2.24) is 10.3 Å². The topological polar surface area (TPSA) is 59.1 Å². The molecule has 0 amide bonds. The van der Waals surface area contributed by atoms with Crippen molar-refractivity contribution in [2.24, 2.45) is 0 Å². The number of thiazole rings is 1. The zero-order valence-electron chi connectivity index (χ0n) is 10.8. The Hall–Kier alpha value is -0.460. The smallest absolute Gasteiger partial charge is 0.151 e. The second kappa shape index (κ2) is 5.67. The quantitative estimate of drug-likeness (QED) is 0.914. The highest BCUT2D eigenvalue weighted by Crippen LogP contribution is 2.30. The molecule has 2 unspecified atom stereocenters. The Morgan fingerprint density at radius 1 is 1.61 bits per heavy atom. The number of hydrogen-bond donors (Lipinski definition) is 1. The first-order valence-corrected chi connectivity index (χ1v) is 9.02. The number of nitrogens with one attached hydrogen (secondary N) is 1. The molecule has 0 aliphatic carbocycles. The summed E-state index contributed by atoms with van der Waals surface area (Å²) in [7, 11) is -0.908. The van der Waals surface area contributed by atoms with Crippen LogP contribution in [-0.2, 0) is 16.3 Å². The van der Waals surface area contributed by atoms with E-state index in [0.717, 1.165) is 30.0 Å². The van der Waals surface area contributed by atoms with Crippen LogP contribution in [-0.4, -0.2) is 38.0 Å². The minimum Gasteiger partial charge on any atom is -0.317 e. The SMILES string of the molecule is CNC(C)Cc1csc(C2CCCS(=O)(=O)C2)n1. The van der Waals surface area contributed by atoms with E-state index < -0.39 is 9.84 Å². The third kappa shape index (κ3) is 3.52. The Morgan fingerprint density at radius 2 is 2.39 bits per heavy atom. The highest BCUT2D eigenvalue weighted by Gasteiger charge is 2.27. The number of hydrogen-bond acceptors (Lipinski definition) is 5. The van der Waals surface area contributed by atoms with E-state index in [1.54, 1.807) is 11.3 Å². The Kier molecular flexibility index (Phi) is 4.40. The summed E-state index contributed by atoms with van der Waals surface area (Å²) in [6, 6.07) is 0.398. The van der Waals surface area contributed by atoms with Gasteiger partial charge in [0.25, 0.3) is 0 Å². The molecule has 1 saturated heterocycles. The van der Waals surface area contributed by atoms with Crippen molar-refractivity contribution < 1.29 is 8.42 Å². The van der Waals surface area contributed by atoms with Crippen LogP contribution in [0.15, 0.2) is 5.38 Å². The molecule has 0 spiro atoms. The second-order valence-electron chi connectivity index (χ2n) is 5.02. The summed E-state index contributed by atoms with van der Waals surface area (Å²) in [5.74, 6) is 0.743. The van der Waals surface area contributed by atoms with Gasteiger partial charge < -0.3 is 5.32 Å². The Labute approximate surface area is 113 Å². The molecule has 1 aromatic rings. The van der Waals surface area contributed by atoms with Crippen molar-refractivity contribution >= 4 is 21.2 Å². The Balaban J connectivity index is 2.05. The monoisotopic (exact) mass is 288 g/mol. The molecule has 18 heavy (non-hydrogen) atoms. The molecule has 102 valence electrons. The zero-order chi connectivity index (χ0) is 13.2. The predicted octanol–water partition coefficient (Wildman–Crippen LogP) is 1.59. The molecule has 0 aromatic carbocycles. The van der Waals surface area contributed by atoms with E-state index in [1.165, 1.54) is 0 Å². The lowest BCUT2D eigenvalue weighted by atomic mass is 10.1. The Bertz CT molecular complexity index is 496. The summed E-state index contributed by atoms with van der Waals surface area (Å²) in [6.45, 7) is 2.12. The van der Waals surface area contributed by atoms with E-state index in [4.69, 9.17) is 0 Å². The first kappa shape index (κ1) is 14.0. The molecule has 0 saturated carbocycles. The van der Waals surface area contributed by atoms with Gasteiger partial charge in [0.05, 0.1) is 22.2 Å². The second-order valence-corrected chi connectivity index (χ2v) is 8.14. The van der Waals surface area contributed by atoms with Crippen LogP contribution >= 0.6 is 11.3 Å². The van der Waals surface area contributed by atoms with E-state index >= 15 is 0 Å². The summed E-state index contributed by atoms with van der Waals surface area (Å²) in [6.07, 6.45) is 2.62. The lowest BCUT2D eigenvalue weighted by Gasteiger charge is -2.19. The fourth-order valence-electron chi connectivity index (χ4n) is 2.24. The normalized spacial score (nSPS) is 24.9. The van der Waals surface area contributed by atoms with E-state index in [9.17, 15) is 8.42 Å². The van der Waals surface area contributed by atoms with Gasteiger partial charge >= 0.3 is 0 Å². The van der Waals surface area contributed by atoms with Crippen LogP contribution in [0.25, 0.3) is 0 Å². The highest BCUT2D eigenvalue weighted by molar-refractivity contribution is 7.91. The fourth-order valence-corrected chi connectivity index (χ4v) is 5.02. The minimum atomic E-state index is -2.84. The van der Waals surface area contributed by atoms with Gasteiger partial charge in [0, 0.05) is 23.8 Å². The van der Waals surface area contributed by atoms with Crippen molar-refractivity contribution in [3.05, 3.63) is 16.1 Å². The maximum absolute atomic E-state index is 11.6. The third-order valence-corrected chi connectivity index (χ3v) is 6.27. The van der Waals surface area contributed by atoms with Crippen molar-refractivity contribution in [3.8, 4) is 0 Å². The largest absolute Gasteiger partial charge is 0.317 e. The van der Waals surface area contributed by atoms with E-state index in [-0.39, 0.29) is 11.7 Å². The lowest BCUT2D eigenvalue weighted by molar-refractivity contribution is 0.551. The lowest BCUT2D eigenvalue weighted by Crippen LogP contribution is -2.24. The van der Waals surface area contributed by atoms with Gasteiger partial charge in [0.15, 0.2) is 9.84 Å². The summed E-state index contributed by atoms with van der Waals surface area (Å²) < 4.78 is 23.3. The van der Waals surface area contributed by atoms with Gasteiger partial charge in [-0.1, -0.05) is 0 Å². The first-order valence-electron chi connectivity index (χ1n) is 6.32. The van der Waals surface area contributed by atoms with Gasteiger partial charge in [-0.2, -0.15) is 0 Å². The molecule has 2 rings (SSSR count). The van der Waals surface area contributed by atoms with Crippen LogP contribution in [0.4, 0.5) is 0 Å². The molecule has 1 aliphatic heterocycles. The molecule has 1 N–H and O–H groups in total. The maximum atomic E-state index is 11.6. The molecule has 0 bridgehead atoms. The zero-order valence-corrected chi connectivity index (χ0v) is 12.5. The van der Waals surface area contributed by atoms with Gasteiger partial charge in [-0.25, -0.2) is 13.4 Å². The molecule has 0 radical (unpaired) electrons. The van der Waals surface area contributed by atoms with Crippen molar-refractivity contribution in [2.45, 2.75) is 38.1 Å². The number of sulfone groups is 1. The molecule has 1 aromatic heterocycles. The molecule has 4 nitrogen and oxygen atoms in total. The van der Waals surface area contributed by atoms with Crippen molar-refractivity contribution in [1.29, 1.82) is 0 Å². The molecule has 1 aliphatic rings. The average molecular weight is 288 g/mol. The van der Waals surface area contributed by atoms with E-state index in [2.05, 4.69) is 22.6 Å². The number of aromatic nitrogens is 1. The standard InChI is InChI=1S/C12H20N2O2S2/c1-9(13-2)6-11-7-17-12(14-11)10-4-3-5-18(15,16)8-10/h7,9-10,13H,3-6,8H2,1-2H3. The molecular weight excluding hydrogens is 268 g/mol. The van der Waals surface area contributed by atoms with Gasteiger partial charge in [-0.05, 0) is 26.8 Å². The average Bonchev–Trinajstić information content (AvgIpc) is 2.76. The summed E-state index contributed by atoms with van der Waals surface area (Å²) in [5, 5.41) is 6.24. The highest BCUT2D eigenvalue weighted by atomic mass is 32.2. The summed E-state index contributed by atoms with van der Waals surface area (Å²) in [5.41, 5.74) is 1.07. The van der Waals surface area contributed by atoms with Crippen molar-refractivity contribution in [3.63, 3.8) is 0 Å². The number of nitrogens with zero attached hydrogens (tertiary/aromatic N) is 1. The first-order chi connectivity index (χ1) is 8.50.